The van der Waals surface area contributed by atoms with Crippen molar-refractivity contribution in [3.8, 4) is 11.5 Å². The fourth-order valence-corrected chi connectivity index (χ4v) is 3.26. The Kier molecular flexibility index (Phi) is 4.35. The summed E-state index contributed by atoms with van der Waals surface area (Å²) in [7, 11) is 2.98. The van der Waals surface area contributed by atoms with E-state index in [2.05, 4.69) is 5.32 Å². The van der Waals surface area contributed by atoms with Gasteiger partial charge in [-0.3, -0.25) is 4.79 Å². The number of carbonyl (C=O) groups excluding carboxylic acids is 1. The lowest BCUT2D eigenvalue weighted by molar-refractivity contribution is -0.144. The quantitative estimate of drug-likeness (QED) is 0.872. The molecule has 2 aromatic carbocycles. The van der Waals surface area contributed by atoms with Crippen LogP contribution >= 0.6 is 0 Å². The molecule has 25 heavy (non-hydrogen) atoms. The molecule has 1 atom stereocenters. The van der Waals surface area contributed by atoms with Crippen LogP contribution in [0.2, 0.25) is 0 Å². The highest BCUT2D eigenvalue weighted by molar-refractivity contribution is 5.99. The second-order valence-electron chi connectivity index (χ2n) is 5.89. The molecule has 1 aliphatic rings. The molecule has 6 nitrogen and oxygen atoms in total. The van der Waals surface area contributed by atoms with Crippen LogP contribution in [0.4, 0.5) is 0 Å². The molecule has 2 N–H and O–H groups in total. The molecule has 2 aromatic rings. The first-order chi connectivity index (χ1) is 12.0. The monoisotopic (exact) mass is 341 g/mol. The highest BCUT2D eigenvalue weighted by atomic mass is 16.5. The maximum atomic E-state index is 12.7. The first kappa shape index (κ1) is 16.8. The Morgan fingerprint density at radius 2 is 1.80 bits per heavy atom. The van der Waals surface area contributed by atoms with Gasteiger partial charge in [-0.15, -0.1) is 0 Å². The van der Waals surface area contributed by atoms with Crippen LogP contribution in [-0.2, 0) is 16.8 Å². The maximum absolute atomic E-state index is 12.7. The molecule has 0 bridgehead atoms. The number of nitrogens with one attached hydrogen (secondary N) is 1. The second-order valence-corrected chi connectivity index (χ2v) is 5.89. The summed E-state index contributed by atoms with van der Waals surface area (Å²) < 4.78 is 10.4. The van der Waals surface area contributed by atoms with Gasteiger partial charge in [-0.05, 0) is 42.2 Å². The Balaban J connectivity index is 1.95. The lowest BCUT2D eigenvalue weighted by atomic mass is 9.91. The first-order valence-electron chi connectivity index (χ1n) is 7.88. The van der Waals surface area contributed by atoms with E-state index in [1.165, 1.54) is 20.3 Å². The number of benzene rings is 2. The molecule has 0 radical (unpaired) electrons. The molecule has 6 heteroatoms. The number of hydrogen-bond acceptors (Lipinski definition) is 4. The fraction of sp³-hybridized carbons (Fsp3) is 0.263. The summed E-state index contributed by atoms with van der Waals surface area (Å²) in [4.78, 5) is 24.7. The predicted octanol–water partition coefficient (Wildman–Crippen LogP) is 2.36. The van der Waals surface area contributed by atoms with E-state index < -0.39 is 17.4 Å². The predicted molar refractivity (Wildman–Crippen MR) is 91.1 cm³/mol. The summed E-state index contributed by atoms with van der Waals surface area (Å²) >= 11 is 0. The van der Waals surface area contributed by atoms with Crippen molar-refractivity contribution in [2.45, 2.75) is 18.4 Å². The van der Waals surface area contributed by atoms with E-state index >= 15 is 0 Å². The zero-order chi connectivity index (χ0) is 18.0. The number of methoxy groups -OCH3 is 2. The molecule has 1 aliphatic carbocycles. The molecule has 0 aliphatic heterocycles. The molecule has 0 fully saturated rings. The van der Waals surface area contributed by atoms with E-state index in [-0.39, 0.29) is 0 Å². The van der Waals surface area contributed by atoms with Crippen molar-refractivity contribution < 1.29 is 24.2 Å². The van der Waals surface area contributed by atoms with Crippen molar-refractivity contribution >= 4 is 11.9 Å². The van der Waals surface area contributed by atoms with Crippen molar-refractivity contribution in [2.24, 2.45) is 0 Å². The van der Waals surface area contributed by atoms with E-state index in [0.29, 0.717) is 35.5 Å². The van der Waals surface area contributed by atoms with Gasteiger partial charge in [-0.25, -0.2) is 4.79 Å². The van der Waals surface area contributed by atoms with Crippen LogP contribution < -0.4 is 14.8 Å². The molecule has 0 unspecified atom stereocenters. The number of ether oxygens (including phenoxy) is 2. The third-order valence-corrected chi connectivity index (χ3v) is 4.58. The smallest absolute Gasteiger partial charge is 0.334 e. The Bertz CT molecular complexity index is 832. The van der Waals surface area contributed by atoms with Crippen LogP contribution in [0.5, 0.6) is 11.5 Å². The summed E-state index contributed by atoms with van der Waals surface area (Å²) in [5, 5.41) is 12.5. The van der Waals surface area contributed by atoms with Gasteiger partial charge in [0.2, 0.25) is 0 Å². The number of carboxylic acids is 1. The topological polar surface area (TPSA) is 84.9 Å². The largest absolute Gasteiger partial charge is 0.493 e. The Hall–Kier alpha value is -3.02. The van der Waals surface area contributed by atoms with Gasteiger partial charge in [0.15, 0.2) is 17.0 Å². The highest BCUT2D eigenvalue weighted by Gasteiger charge is 2.46. The van der Waals surface area contributed by atoms with Crippen LogP contribution in [0.3, 0.4) is 0 Å². The van der Waals surface area contributed by atoms with E-state index in [0.717, 1.165) is 5.56 Å². The number of aryl methyl sites for hydroxylation is 1. The van der Waals surface area contributed by atoms with E-state index in [4.69, 9.17) is 9.47 Å². The standard InChI is InChI=1S/C19H19NO5/c1-24-15-8-7-13(11-16(15)25-2)17(21)20-19(18(22)23)10-9-12-5-3-4-6-14(12)19/h3-8,11H,9-10H2,1-2H3,(H,20,21)(H,22,23)/t19-/m0/s1. The first-order valence-corrected chi connectivity index (χ1v) is 7.88. The minimum atomic E-state index is -1.42. The number of rotatable bonds is 5. The molecule has 0 saturated heterocycles. The fourth-order valence-electron chi connectivity index (χ4n) is 3.26. The summed E-state index contributed by atoms with van der Waals surface area (Å²) in [5.41, 5.74) is 0.470. The lowest BCUT2D eigenvalue weighted by Crippen LogP contribution is -2.50. The molecule has 3 rings (SSSR count). The molecule has 0 heterocycles. The minimum absolute atomic E-state index is 0.308. The third-order valence-electron chi connectivity index (χ3n) is 4.58. The van der Waals surface area contributed by atoms with Crippen molar-refractivity contribution in [3.63, 3.8) is 0 Å². The molecule has 0 spiro atoms. The van der Waals surface area contributed by atoms with Gasteiger partial charge < -0.3 is 19.9 Å². The van der Waals surface area contributed by atoms with E-state index in [1.54, 1.807) is 24.3 Å². The van der Waals surface area contributed by atoms with Crippen LogP contribution in [0.15, 0.2) is 42.5 Å². The second kappa shape index (κ2) is 6.47. The number of amides is 1. The molecule has 1 amide bonds. The molecule has 130 valence electrons. The van der Waals surface area contributed by atoms with E-state index in [1.807, 2.05) is 12.1 Å². The number of aliphatic carboxylic acids is 1. The Morgan fingerprint density at radius 1 is 1.08 bits per heavy atom. The van der Waals surface area contributed by atoms with Crippen molar-refractivity contribution in [2.75, 3.05) is 14.2 Å². The zero-order valence-electron chi connectivity index (χ0n) is 14.0. The van der Waals surface area contributed by atoms with Gasteiger partial charge in [-0.1, -0.05) is 24.3 Å². The van der Waals surface area contributed by atoms with E-state index in [9.17, 15) is 14.7 Å². The van der Waals surface area contributed by atoms with Gasteiger partial charge in [0, 0.05) is 5.56 Å². The number of carboxylic acid groups (broad SMARTS) is 1. The maximum Gasteiger partial charge on any atom is 0.334 e. The van der Waals surface area contributed by atoms with Crippen LogP contribution in [0.25, 0.3) is 0 Å². The zero-order valence-corrected chi connectivity index (χ0v) is 14.0. The molecular weight excluding hydrogens is 322 g/mol. The summed E-state index contributed by atoms with van der Waals surface area (Å²) in [5.74, 6) is -0.629. The number of hydrogen-bond donors (Lipinski definition) is 2. The molecule has 0 saturated carbocycles. The third kappa shape index (κ3) is 2.80. The van der Waals surface area contributed by atoms with Crippen molar-refractivity contribution in [1.82, 2.24) is 5.32 Å². The number of fused-ring (bicyclic) bond motifs is 1. The van der Waals surface area contributed by atoms with Gasteiger partial charge in [0.05, 0.1) is 14.2 Å². The van der Waals surface area contributed by atoms with Crippen molar-refractivity contribution in [3.05, 3.63) is 59.2 Å². The van der Waals surface area contributed by atoms with Crippen LogP contribution in [0, 0.1) is 0 Å². The van der Waals surface area contributed by atoms with Gasteiger partial charge >= 0.3 is 5.97 Å². The van der Waals surface area contributed by atoms with Gasteiger partial charge in [0.25, 0.3) is 5.91 Å². The molecular formula is C19H19NO5. The average molecular weight is 341 g/mol. The van der Waals surface area contributed by atoms with Gasteiger partial charge in [0.1, 0.15) is 0 Å². The number of carbonyl (C=O) groups is 2. The Labute approximate surface area is 145 Å². The van der Waals surface area contributed by atoms with Crippen LogP contribution in [-0.4, -0.2) is 31.2 Å². The van der Waals surface area contributed by atoms with Crippen molar-refractivity contribution in [1.29, 1.82) is 0 Å². The normalized spacial score (nSPS) is 18.3. The summed E-state index contributed by atoms with van der Waals surface area (Å²) in [6.07, 6.45) is 0.926. The average Bonchev–Trinajstić information content (AvgIpc) is 3.01. The lowest BCUT2D eigenvalue weighted by Gasteiger charge is -2.27. The summed E-state index contributed by atoms with van der Waals surface area (Å²) in [6, 6.07) is 12.0. The van der Waals surface area contributed by atoms with Gasteiger partial charge in [-0.2, -0.15) is 0 Å². The minimum Gasteiger partial charge on any atom is -0.493 e. The SMILES string of the molecule is COc1ccc(C(=O)N[C@@]2(C(=O)O)CCc3ccccc32)cc1OC. The molecule has 0 aromatic heterocycles. The summed E-state index contributed by atoms with van der Waals surface area (Å²) in [6.45, 7) is 0. The Morgan fingerprint density at radius 3 is 2.48 bits per heavy atom. The highest BCUT2D eigenvalue weighted by Crippen LogP contribution is 2.37. The van der Waals surface area contributed by atoms with Crippen LogP contribution in [0.1, 0.15) is 27.9 Å².